The van der Waals surface area contributed by atoms with Gasteiger partial charge in [0.05, 0.1) is 11.1 Å². The van der Waals surface area contributed by atoms with Gasteiger partial charge in [-0.2, -0.15) is 8.42 Å². The molecule has 0 aliphatic heterocycles. The van der Waals surface area contributed by atoms with Gasteiger partial charge in [0.2, 0.25) is 0 Å². The minimum atomic E-state index is -4.19. The maximum absolute atomic E-state index is 13.6. The zero-order valence-electron chi connectivity index (χ0n) is 25.6. The van der Waals surface area contributed by atoms with E-state index in [2.05, 4.69) is 32.9 Å². The molecule has 6 aromatic rings. The third-order valence-electron chi connectivity index (χ3n) is 7.58. The molecule has 6 rings (SSSR count). The van der Waals surface area contributed by atoms with E-state index in [0.717, 1.165) is 38.9 Å². The first-order valence-corrected chi connectivity index (χ1v) is 16.6. The number of ether oxygens (including phenoxy) is 2. The molecular formula is C37H34ClNO5S. The van der Waals surface area contributed by atoms with Gasteiger partial charge in [0.1, 0.15) is 10.6 Å². The van der Waals surface area contributed by atoms with Crippen LogP contribution in [0.4, 0.5) is 0 Å². The third-order valence-corrected chi connectivity index (χ3v) is 9.06. The van der Waals surface area contributed by atoms with E-state index in [-0.39, 0.29) is 22.9 Å². The Labute approximate surface area is 268 Å². The van der Waals surface area contributed by atoms with Crippen molar-refractivity contribution in [1.82, 2.24) is 4.98 Å². The first kappa shape index (κ1) is 30.8. The molecule has 45 heavy (non-hydrogen) atoms. The molecule has 0 aliphatic carbocycles. The summed E-state index contributed by atoms with van der Waals surface area (Å²) in [6.07, 6.45) is 2.45. The highest BCUT2D eigenvalue weighted by Crippen LogP contribution is 2.46. The summed E-state index contributed by atoms with van der Waals surface area (Å²) in [5.74, 6) is 0.790. The molecule has 6 nitrogen and oxygen atoms in total. The van der Waals surface area contributed by atoms with E-state index >= 15 is 0 Å². The number of pyridine rings is 1. The molecule has 0 radical (unpaired) electrons. The molecule has 0 spiro atoms. The summed E-state index contributed by atoms with van der Waals surface area (Å²) in [6, 6.07) is 27.5. The summed E-state index contributed by atoms with van der Waals surface area (Å²) in [7, 11) is -4.19. The molecule has 0 atom stereocenters. The SMILES string of the molecule is CCOCOc1c(-c2nccc3c2c(OS(=O)(=O)c2ccccc2)cc2cc(Cl)ccc23)cc2ccccc2c1CC(C)(C)C. The lowest BCUT2D eigenvalue weighted by atomic mass is 9.84. The smallest absolute Gasteiger partial charge is 0.339 e. The van der Waals surface area contributed by atoms with E-state index in [9.17, 15) is 8.42 Å². The number of hydrogen-bond donors (Lipinski definition) is 0. The van der Waals surface area contributed by atoms with Crippen LogP contribution in [0.15, 0.2) is 102 Å². The van der Waals surface area contributed by atoms with Gasteiger partial charge in [0, 0.05) is 29.0 Å². The van der Waals surface area contributed by atoms with Crippen LogP contribution in [0.2, 0.25) is 5.02 Å². The van der Waals surface area contributed by atoms with Crippen LogP contribution < -0.4 is 8.92 Å². The Morgan fingerprint density at radius 3 is 2.33 bits per heavy atom. The molecule has 1 aromatic heterocycles. The van der Waals surface area contributed by atoms with Crippen LogP contribution in [0.1, 0.15) is 33.3 Å². The lowest BCUT2D eigenvalue weighted by molar-refractivity contribution is 0.0221. The van der Waals surface area contributed by atoms with Gasteiger partial charge in [0.25, 0.3) is 0 Å². The number of fused-ring (bicyclic) bond motifs is 4. The van der Waals surface area contributed by atoms with Crippen LogP contribution in [-0.2, 0) is 21.3 Å². The monoisotopic (exact) mass is 639 g/mol. The Morgan fingerprint density at radius 1 is 0.822 bits per heavy atom. The molecule has 0 saturated carbocycles. The van der Waals surface area contributed by atoms with Crippen molar-refractivity contribution in [3.8, 4) is 22.8 Å². The lowest BCUT2D eigenvalue weighted by Gasteiger charge is -2.25. The molecule has 0 saturated heterocycles. The molecule has 0 fully saturated rings. The molecule has 0 aliphatic rings. The maximum Gasteiger partial charge on any atom is 0.339 e. The Balaban J connectivity index is 1.70. The number of nitrogens with zero attached hydrogens (tertiary/aromatic N) is 1. The average Bonchev–Trinajstić information content (AvgIpc) is 3.01. The molecule has 1 heterocycles. The second kappa shape index (κ2) is 12.3. The second-order valence-electron chi connectivity index (χ2n) is 12.1. The second-order valence-corrected chi connectivity index (χ2v) is 14.1. The lowest BCUT2D eigenvalue weighted by Crippen LogP contribution is -2.13. The van der Waals surface area contributed by atoms with Crippen LogP contribution in [0, 0.1) is 5.41 Å². The molecular weight excluding hydrogens is 606 g/mol. The molecule has 8 heteroatoms. The summed E-state index contributed by atoms with van der Waals surface area (Å²) in [5.41, 5.74) is 2.22. The van der Waals surface area contributed by atoms with Crippen molar-refractivity contribution < 1.29 is 22.1 Å². The number of benzene rings is 5. The predicted molar refractivity (Wildman–Crippen MR) is 182 cm³/mol. The van der Waals surface area contributed by atoms with Crippen LogP contribution >= 0.6 is 11.6 Å². The number of rotatable bonds is 9. The molecule has 5 aromatic carbocycles. The Morgan fingerprint density at radius 2 is 1.58 bits per heavy atom. The van der Waals surface area contributed by atoms with E-state index in [4.69, 9.17) is 30.2 Å². The van der Waals surface area contributed by atoms with Crippen molar-refractivity contribution >= 4 is 54.0 Å². The zero-order chi connectivity index (χ0) is 31.8. The van der Waals surface area contributed by atoms with Crippen molar-refractivity contribution in [3.63, 3.8) is 0 Å². The minimum absolute atomic E-state index is 0.0497. The predicted octanol–water partition coefficient (Wildman–Crippen LogP) is 9.59. The molecule has 0 unspecified atom stereocenters. The summed E-state index contributed by atoms with van der Waals surface area (Å²) in [4.78, 5) is 4.93. The number of hydrogen-bond acceptors (Lipinski definition) is 6. The molecule has 0 bridgehead atoms. The Kier molecular flexibility index (Phi) is 8.44. The van der Waals surface area contributed by atoms with Gasteiger partial charge >= 0.3 is 10.1 Å². The number of aromatic nitrogens is 1. The standard InChI is InChI=1S/C37H34ClNO5S/c1-5-42-23-43-36-31(20-24-11-9-10-14-28(24)32(36)22-37(2,3)4)35-34-30(17-18-39-35)29-16-15-26(38)19-25(29)21-33(34)44-45(40,41)27-12-7-6-8-13-27/h6-21H,5,22-23H2,1-4H3. The van der Waals surface area contributed by atoms with Gasteiger partial charge in [-0.05, 0) is 88.2 Å². The van der Waals surface area contributed by atoms with Crippen LogP contribution in [-0.4, -0.2) is 26.8 Å². The first-order chi connectivity index (χ1) is 21.6. The van der Waals surface area contributed by atoms with Gasteiger partial charge in [0.15, 0.2) is 12.5 Å². The summed E-state index contributed by atoms with van der Waals surface area (Å²) in [5, 5.41) is 5.56. The van der Waals surface area contributed by atoms with Gasteiger partial charge in [-0.1, -0.05) is 80.9 Å². The summed E-state index contributed by atoms with van der Waals surface area (Å²) >= 11 is 6.39. The fraction of sp³-hybridized carbons (Fsp3) is 0.216. The van der Waals surface area contributed by atoms with Gasteiger partial charge in [-0.3, -0.25) is 4.98 Å². The fourth-order valence-corrected chi connectivity index (χ4v) is 6.84. The molecule has 0 N–H and O–H groups in total. The quantitative estimate of drug-likeness (QED) is 0.0679. The highest BCUT2D eigenvalue weighted by Gasteiger charge is 2.26. The normalized spacial score (nSPS) is 12.2. The molecule has 0 amide bonds. The van der Waals surface area contributed by atoms with E-state index in [1.807, 2.05) is 43.3 Å². The van der Waals surface area contributed by atoms with Crippen molar-refractivity contribution in [2.75, 3.05) is 13.4 Å². The van der Waals surface area contributed by atoms with Gasteiger partial charge in [-0.25, -0.2) is 0 Å². The van der Waals surface area contributed by atoms with E-state index in [1.54, 1.807) is 36.5 Å². The van der Waals surface area contributed by atoms with Gasteiger partial charge < -0.3 is 13.7 Å². The van der Waals surface area contributed by atoms with Crippen molar-refractivity contribution in [2.24, 2.45) is 5.41 Å². The van der Waals surface area contributed by atoms with E-state index in [1.165, 1.54) is 12.1 Å². The zero-order valence-corrected chi connectivity index (χ0v) is 27.2. The largest absolute Gasteiger partial charge is 0.467 e. The van der Waals surface area contributed by atoms with Crippen molar-refractivity contribution in [3.05, 3.63) is 108 Å². The van der Waals surface area contributed by atoms with E-state index in [0.29, 0.717) is 34.0 Å². The average molecular weight is 640 g/mol. The highest BCUT2D eigenvalue weighted by atomic mass is 35.5. The third kappa shape index (κ3) is 6.34. The minimum Gasteiger partial charge on any atom is -0.467 e. The van der Waals surface area contributed by atoms with Crippen molar-refractivity contribution in [1.29, 1.82) is 0 Å². The maximum atomic E-state index is 13.6. The number of halogens is 1. The van der Waals surface area contributed by atoms with Crippen LogP contribution in [0.25, 0.3) is 43.6 Å². The Hall–Kier alpha value is -4.17. The summed E-state index contributed by atoms with van der Waals surface area (Å²) in [6.45, 7) is 9.03. The fourth-order valence-electron chi connectivity index (χ4n) is 5.70. The van der Waals surface area contributed by atoms with Crippen LogP contribution in [0.5, 0.6) is 11.5 Å². The van der Waals surface area contributed by atoms with Gasteiger partial charge in [-0.15, -0.1) is 0 Å². The Bertz CT molecular complexity index is 2140. The highest BCUT2D eigenvalue weighted by molar-refractivity contribution is 7.87. The molecule has 230 valence electrons. The van der Waals surface area contributed by atoms with Crippen molar-refractivity contribution in [2.45, 2.75) is 39.0 Å². The van der Waals surface area contributed by atoms with E-state index < -0.39 is 10.1 Å². The topological polar surface area (TPSA) is 74.7 Å². The summed E-state index contributed by atoms with van der Waals surface area (Å²) < 4.78 is 45.3. The van der Waals surface area contributed by atoms with Crippen LogP contribution in [0.3, 0.4) is 0 Å². The first-order valence-electron chi connectivity index (χ1n) is 14.8.